The molecule has 1 aromatic rings. The second-order valence-corrected chi connectivity index (χ2v) is 6.34. The molecule has 0 radical (unpaired) electrons. The molecule has 2 nitrogen and oxygen atoms in total. The summed E-state index contributed by atoms with van der Waals surface area (Å²) in [5.74, 6) is 5.75. The van der Waals surface area contributed by atoms with Gasteiger partial charge in [0.15, 0.2) is 0 Å². The lowest BCUT2D eigenvalue weighted by Crippen LogP contribution is -2.22. The van der Waals surface area contributed by atoms with Gasteiger partial charge in [0.2, 0.25) is 0 Å². The van der Waals surface area contributed by atoms with Crippen LogP contribution in [0.3, 0.4) is 0 Å². The van der Waals surface area contributed by atoms with Gasteiger partial charge in [-0.3, -0.25) is 4.90 Å². The van der Waals surface area contributed by atoms with E-state index in [2.05, 4.69) is 36.0 Å². The summed E-state index contributed by atoms with van der Waals surface area (Å²) in [6, 6.07) is 2.05. The summed E-state index contributed by atoms with van der Waals surface area (Å²) < 4.78 is 0. The first-order chi connectivity index (χ1) is 8.11. The number of rotatable bonds is 2. The Bertz CT molecular complexity index is 439. The van der Waals surface area contributed by atoms with Crippen LogP contribution in [0.5, 0.6) is 0 Å². The lowest BCUT2D eigenvalue weighted by atomic mass is 9.93. The summed E-state index contributed by atoms with van der Waals surface area (Å²) in [4.78, 5) is 3.82. The van der Waals surface area contributed by atoms with Gasteiger partial charge in [-0.05, 0) is 29.8 Å². The first-order valence-electron chi connectivity index (χ1n) is 5.99. The molecule has 17 heavy (non-hydrogen) atoms. The number of thiophene rings is 1. The Morgan fingerprint density at radius 3 is 3.00 bits per heavy atom. The summed E-state index contributed by atoms with van der Waals surface area (Å²) in [6.45, 7) is 7.93. The van der Waals surface area contributed by atoms with E-state index in [0.29, 0.717) is 5.41 Å². The van der Waals surface area contributed by atoms with E-state index in [1.54, 1.807) is 11.3 Å². The number of aliphatic hydroxyl groups excluding tert-OH is 1. The van der Waals surface area contributed by atoms with Crippen molar-refractivity contribution in [3.05, 3.63) is 21.9 Å². The topological polar surface area (TPSA) is 23.5 Å². The molecule has 0 aromatic carbocycles. The van der Waals surface area contributed by atoms with Crippen molar-refractivity contribution in [3.8, 4) is 11.8 Å². The molecule has 1 aliphatic heterocycles. The van der Waals surface area contributed by atoms with Crippen molar-refractivity contribution in [1.29, 1.82) is 0 Å². The minimum absolute atomic E-state index is 0.0635. The Morgan fingerprint density at radius 2 is 2.35 bits per heavy atom. The second kappa shape index (κ2) is 5.22. The summed E-state index contributed by atoms with van der Waals surface area (Å²) >= 11 is 1.76. The molecule has 0 saturated carbocycles. The van der Waals surface area contributed by atoms with Gasteiger partial charge in [0.1, 0.15) is 6.61 Å². The molecule has 2 rings (SSSR count). The van der Waals surface area contributed by atoms with E-state index >= 15 is 0 Å². The first-order valence-corrected chi connectivity index (χ1v) is 6.87. The third kappa shape index (κ3) is 3.32. The van der Waals surface area contributed by atoms with Crippen molar-refractivity contribution < 1.29 is 5.11 Å². The zero-order chi connectivity index (χ0) is 12.3. The second-order valence-electron chi connectivity index (χ2n) is 5.34. The highest BCUT2D eigenvalue weighted by molar-refractivity contribution is 7.10. The highest BCUT2D eigenvalue weighted by Gasteiger charge is 2.29. The van der Waals surface area contributed by atoms with Gasteiger partial charge >= 0.3 is 0 Å². The van der Waals surface area contributed by atoms with Gasteiger partial charge in [-0.2, -0.15) is 0 Å². The molecular weight excluding hydrogens is 230 g/mol. The molecule has 0 bridgehead atoms. The predicted molar refractivity (Wildman–Crippen MR) is 72.0 cm³/mol. The van der Waals surface area contributed by atoms with Gasteiger partial charge in [0.05, 0.1) is 0 Å². The highest BCUT2D eigenvalue weighted by atomic mass is 32.1. The molecule has 0 atom stereocenters. The molecule has 1 fully saturated rings. The van der Waals surface area contributed by atoms with Crippen LogP contribution in [0.25, 0.3) is 0 Å². The molecule has 1 aliphatic rings. The van der Waals surface area contributed by atoms with E-state index in [1.807, 2.05) is 6.07 Å². The summed E-state index contributed by atoms with van der Waals surface area (Å²) in [7, 11) is 0. The van der Waals surface area contributed by atoms with E-state index in [1.165, 1.54) is 17.8 Å². The summed E-state index contributed by atoms with van der Waals surface area (Å²) in [5.41, 5.74) is 1.53. The third-order valence-corrected chi connectivity index (χ3v) is 4.08. The zero-order valence-electron chi connectivity index (χ0n) is 10.5. The molecular formula is C14H19NOS. The molecule has 0 amide bonds. The van der Waals surface area contributed by atoms with E-state index in [-0.39, 0.29) is 6.61 Å². The lowest BCUT2D eigenvalue weighted by molar-refractivity contribution is 0.286. The Labute approximate surface area is 107 Å². The quantitative estimate of drug-likeness (QED) is 0.813. The van der Waals surface area contributed by atoms with Crippen LogP contribution in [0.15, 0.2) is 11.4 Å². The van der Waals surface area contributed by atoms with Crippen LogP contribution in [0.1, 0.15) is 30.7 Å². The fraction of sp³-hybridized carbons (Fsp3) is 0.571. The Morgan fingerprint density at radius 1 is 1.53 bits per heavy atom. The van der Waals surface area contributed by atoms with Crippen molar-refractivity contribution in [1.82, 2.24) is 4.90 Å². The third-order valence-electron chi connectivity index (χ3n) is 3.17. The fourth-order valence-corrected chi connectivity index (χ4v) is 3.14. The summed E-state index contributed by atoms with van der Waals surface area (Å²) in [6.07, 6.45) is 1.27. The van der Waals surface area contributed by atoms with Crippen LogP contribution in [-0.4, -0.2) is 29.7 Å². The molecule has 0 spiro atoms. The predicted octanol–water partition coefficient (Wildman–Crippen LogP) is 2.32. The number of likely N-dealkylation sites (tertiary alicyclic amines) is 1. The van der Waals surface area contributed by atoms with Gasteiger partial charge in [-0.1, -0.05) is 25.7 Å². The van der Waals surface area contributed by atoms with Crippen LogP contribution in [-0.2, 0) is 6.54 Å². The van der Waals surface area contributed by atoms with E-state index in [0.717, 1.165) is 18.7 Å². The largest absolute Gasteiger partial charge is 0.384 e. The molecule has 1 aromatic heterocycles. The number of nitrogens with zero attached hydrogens (tertiary/aromatic N) is 1. The first kappa shape index (κ1) is 12.6. The fourth-order valence-electron chi connectivity index (χ4n) is 2.27. The molecule has 0 aliphatic carbocycles. The normalized spacial score (nSPS) is 19.0. The Hall–Kier alpha value is -0.820. The van der Waals surface area contributed by atoms with E-state index in [9.17, 15) is 0 Å². The van der Waals surface area contributed by atoms with Gasteiger partial charge in [0.25, 0.3) is 0 Å². The lowest BCUT2D eigenvalue weighted by Gasteiger charge is -2.19. The van der Waals surface area contributed by atoms with Crippen molar-refractivity contribution in [2.75, 3.05) is 19.7 Å². The Kier molecular flexibility index (Phi) is 3.88. The van der Waals surface area contributed by atoms with Crippen molar-refractivity contribution in [3.63, 3.8) is 0 Å². The molecule has 1 N–H and O–H groups in total. The van der Waals surface area contributed by atoms with Crippen LogP contribution in [0.4, 0.5) is 0 Å². The van der Waals surface area contributed by atoms with Crippen LogP contribution in [0.2, 0.25) is 0 Å². The monoisotopic (exact) mass is 249 g/mol. The molecule has 1 saturated heterocycles. The number of hydrogen-bond acceptors (Lipinski definition) is 3. The maximum atomic E-state index is 8.73. The average molecular weight is 249 g/mol. The molecule has 3 heteroatoms. The smallest absolute Gasteiger partial charge is 0.104 e. The minimum atomic E-state index is -0.0635. The van der Waals surface area contributed by atoms with Gasteiger partial charge in [0, 0.05) is 23.5 Å². The standard InChI is InChI=1S/C14H19NOS/c1-14(2)6-7-15(11-14)10-13-12(4-3-8-16)5-9-17-13/h5,9,16H,6-8,10-11H2,1-2H3. The maximum absolute atomic E-state index is 8.73. The van der Waals surface area contributed by atoms with Crippen molar-refractivity contribution in [2.45, 2.75) is 26.8 Å². The average Bonchev–Trinajstić information content (AvgIpc) is 2.83. The highest BCUT2D eigenvalue weighted by Crippen LogP contribution is 2.30. The van der Waals surface area contributed by atoms with Crippen LogP contribution in [0, 0.1) is 17.3 Å². The molecule has 92 valence electrons. The zero-order valence-corrected chi connectivity index (χ0v) is 11.3. The maximum Gasteiger partial charge on any atom is 0.104 e. The Balaban J connectivity index is 2.02. The van der Waals surface area contributed by atoms with Crippen molar-refractivity contribution in [2.24, 2.45) is 5.41 Å². The number of hydrogen-bond donors (Lipinski definition) is 1. The summed E-state index contributed by atoms with van der Waals surface area (Å²) in [5, 5.41) is 10.8. The van der Waals surface area contributed by atoms with Gasteiger partial charge in [-0.25, -0.2) is 0 Å². The minimum Gasteiger partial charge on any atom is -0.384 e. The number of aliphatic hydroxyl groups is 1. The molecule has 0 unspecified atom stereocenters. The van der Waals surface area contributed by atoms with E-state index < -0.39 is 0 Å². The van der Waals surface area contributed by atoms with E-state index in [4.69, 9.17) is 5.11 Å². The van der Waals surface area contributed by atoms with Gasteiger partial charge < -0.3 is 5.11 Å². The SMILES string of the molecule is CC1(C)CCN(Cc2sccc2C#CCO)C1. The van der Waals surface area contributed by atoms with Gasteiger partial charge in [-0.15, -0.1) is 11.3 Å². The van der Waals surface area contributed by atoms with Crippen LogP contribution < -0.4 is 0 Å². The van der Waals surface area contributed by atoms with Crippen LogP contribution >= 0.6 is 11.3 Å². The molecule has 2 heterocycles. The van der Waals surface area contributed by atoms with Crippen molar-refractivity contribution >= 4 is 11.3 Å².